The topological polar surface area (TPSA) is 29.1 Å². The fraction of sp³-hybridized carbons (Fsp3) is 0.361. The number of pyridine rings is 1. The van der Waals surface area contributed by atoms with Gasteiger partial charge in [0.1, 0.15) is 16.7 Å². The third-order valence-electron chi connectivity index (χ3n) is 9.32. The maximum atomic E-state index is 6.78. The van der Waals surface area contributed by atoms with Crippen molar-refractivity contribution in [2.45, 2.75) is 72.0 Å². The molecule has 0 radical (unpaired) electrons. The van der Waals surface area contributed by atoms with Crippen LogP contribution in [0, 0.1) is 18.8 Å². The Hall–Kier alpha value is -3.43. The van der Waals surface area contributed by atoms with Crippen LogP contribution in [0.25, 0.3) is 44.3 Å². The van der Waals surface area contributed by atoms with Gasteiger partial charge in [0.2, 0.25) is 11.9 Å². The lowest BCUT2D eigenvalue weighted by Gasteiger charge is -2.20. The van der Waals surface area contributed by atoms with Gasteiger partial charge < -0.3 is 4.42 Å². The summed E-state index contributed by atoms with van der Waals surface area (Å²) in [6.07, 6.45) is 9.11. The molecule has 3 heteroatoms. The van der Waals surface area contributed by atoms with E-state index in [4.69, 9.17) is 4.42 Å². The maximum absolute atomic E-state index is 6.78. The molecule has 1 saturated carbocycles. The molecule has 0 spiro atoms. The van der Waals surface area contributed by atoms with Gasteiger partial charge in [0.25, 0.3) is 0 Å². The Balaban J connectivity index is 1.39. The third-order valence-corrected chi connectivity index (χ3v) is 9.32. The molecule has 39 heavy (non-hydrogen) atoms. The van der Waals surface area contributed by atoms with E-state index in [-0.39, 0.29) is 6.17 Å². The predicted octanol–water partition coefficient (Wildman–Crippen LogP) is 8.74. The van der Waals surface area contributed by atoms with Crippen molar-refractivity contribution in [2.24, 2.45) is 11.8 Å². The summed E-state index contributed by atoms with van der Waals surface area (Å²) in [5, 5.41) is 6.32. The minimum Gasteiger partial charge on any atom is -0.455 e. The van der Waals surface area contributed by atoms with E-state index in [2.05, 4.69) is 111 Å². The molecular weight excluding hydrogens is 476 g/mol. The number of nitrogens with one attached hydrogen (secondary N) is 1. The highest BCUT2D eigenvalue weighted by Gasteiger charge is 2.40. The van der Waals surface area contributed by atoms with Crippen LogP contribution in [-0.4, -0.2) is 6.04 Å². The van der Waals surface area contributed by atoms with Crippen molar-refractivity contribution < 1.29 is 8.98 Å². The molecule has 3 aromatic carbocycles. The fourth-order valence-corrected chi connectivity index (χ4v) is 6.77. The van der Waals surface area contributed by atoms with Crippen LogP contribution in [0.4, 0.5) is 0 Å². The zero-order valence-electron chi connectivity index (χ0n) is 23.6. The van der Waals surface area contributed by atoms with E-state index in [1.165, 1.54) is 82.0 Å². The molecule has 7 rings (SSSR count). The van der Waals surface area contributed by atoms with E-state index in [0.717, 1.165) is 17.1 Å². The van der Waals surface area contributed by atoms with Gasteiger partial charge in [-0.1, -0.05) is 75.4 Å². The van der Waals surface area contributed by atoms with Crippen LogP contribution >= 0.6 is 0 Å². The van der Waals surface area contributed by atoms with E-state index in [9.17, 15) is 0 Å². The normalized spacial score (nSPS) is 17.8. The first-order valence-corrected chi connectivity index (χ1v) is 14.8. The lowest BCUT2D eigenvalue weighted by atomic mass is 9.96. The zero-order chi connectivity index (χ0) is 26.7. The molecule has 2 aromatic heterocycles. The lowest BCUT2D eigenvalue weighted by Crippen LogP contribution is -2.49. The van der Waals surface area contributed by atoms with Crippen molar-refractivity contribution >= 4 is 21.9 Å². The Morgan fingerprint density at radius 2 is 1.69 bits per heavy atom. The molecule has 1 N–H and O–H groups in total. The second-order valence-electron chi connectivity index (χ2n) is 12.4. The number of aromatic nitrogens is 1. The summed E-state index contributed by atoms with van der Waals surface area (Å²) in [6.45, 7) is 9.02. The van der Waals surface area contributed by atoms with E-state index < -0.39 is 0 Å². The smallest absolute Gasteiger partial charge is 0.239 e. The second kappa shape index (κ2) is 9.64. The molecular formula is C36H39N2O+. The molecule has 0 bridgehead atoms. The monoisotopic (exact) mass is 515 g/mol. The number of fused-ring (bicyclic) bond motifs is 7. The van der Waals surface area contributed by atoms with Crippen LogP contribution in [0.5, 0.6) is 0 Å². The van der Waals surface area contributed by atoms with Gasteiger partial charge in [-0.05, 0) is 73.1 Å². The quantitative estimate of drug-likeness (QED) is 0.229. The maximum Gasteiger partial charge on any atom is 0.239 e. The molecule has 0 amide bonds. The minimum atomic E-state index is 0.105. The van der Waals surface area contributed by atoms with Crippen molar-refractivity contribution in [3.8, 4) is 22.4 Å². The lowest BCUT2D eigenvalue weighted by molar-refractivity contribution is -0.704. The van der Waals surface area contributed by atoms with Gasteiger partial charge in [-0.2, -0.15) is 4.57 Å². The number of aryl methyl sites for hydroxylation is 1. The van der Waals surface area contributed by atoms with Crippen molar-refractivity contribution in [3.05, 3.63) is 89.6 Å². The molecule has 198 valence electrons. The van der Waals surface area contributed by atoms with Crippen molar-refractivity contribution in [1.82, 2.24) is 5.32 Å². The highest BCUT2D eigenvalue weighted by molar-refractivity contribution is 6.10. The molecule has 5 aromatic rings. The van der Waals surface area contributed by atoms with Crippen molar-refractivity contribution in [2.75, 3.05) is 0 Å². The number of benzene rings is 3. The van der Waals surface area contributed by atoms with Crippen LogP contribution in [-0.2, 0) is 6.42 Å². The Kier molecular flexibility index (Phi) is 6.08. The number of hydrogen-bond donors (Lipinski definition) is 1. The van der Waals surface area contributed by atoms with Gasteiger partial charge in [0.05, 0.1) is 5.56 Å². The SMILES string of the molecule is Cc1cccc(-c2ccc3c(c2)oc2c4c(ccc23)C(NC(C)C(C)C)[n+]2ccc(CC3CCCC3)cc2-4)c1. The molecule has 1 aliphatic heterocycles. The molecule has 3 nitrogen and oxygen atoms in total. The number of hydrogen-bond acceptors (Lipinski definition) is 2. The predicted molar refractivity (Wildman–Crippen MR) is 161 cm³/mol. The first-order valence-electron chi connectivity index (χ1n) is 14.8. The number of rotatable bonds is 6. The van der Waals surface area contributed by atoms with E-state index >= 15 is 0 Å². The highest BCUT2D eigenvalue weighted by Crippen LogP contribution is 2.43. The Morgan fingerprint density at radius 3 is 2.49 bits per heavy atom. The number of nitrogens with zero attached hydrogens (tertiary/aromatic N) is 1. The van der Waals surface area contributed by atoms with E-state index in [0.29, 0.717) is 12.0 Å². The molecule has 0 saturated heterocycles. The Labute approximate surface area is 231 Å². The van der Waals surface area contributed by atoms with Crippen LogP contribution < -0.4 is 9.88 Å². The molecule has 2 aliphatic rings. The van der Waals surface area contributed by atoms with E-state index in [1.54, 1.807) is 0 Å². The Bertz CT molecular complexity index is 1690. The van der Waals surface area contributed by atoms with Crippen LogP contribution in [0.3, 0.4) is 0 Å². The average molecular weight is 516 g/mol. The van der Waals surface area contributed by atoms with Gasteiger partial charge >= 0.3 is 0 Å². The largest absolute Gasteiger partial charge is 0.455 e. The van der Waals surface area contributed by atoms with Gasteiger partial charge in [-0.3, -0.25) is 5.32 Å². The molecule has 2 unspecified atom stereocenters. The fourth-order valence-electron chi connectivity index (χ4n) is 6.77. The third kappa shape index (κ3) is 4.28. The van der Waals surface area contributed by atoms with Crippen LogP contribution in [0.2, 0.25) is 0 Å². The highest BCUT2D eigenvalue weighted by atomic mass is 16.3. The summed E-state index contributed by atoms with van der Waals surface area (Å²) in [4.78, 5) is 0. The molecule has 2 atom stereocenters. The van der Waals surface area contributed by atoms with Crippen LogP contribution in [0.15, 0.2) is 77.3 Å². The summed E-state index contributed by atoms with van der Waals surface area (Å²) >= 11 is 0. The summed E-state index contributed by atoms with van der Waals surface area (Å²) in [6, 6.07) is 25.2. The van der Waals surface area contributed by atoms with Gasteiger partial charge in [-0.25, -0.2) is 0 Å². The first kappa shape index (κ1) is 24.6. The van der Waals surface area contributed by atoms with Gasteiger partial charge in [0, 0.05) is 28.9 Å². The van der Waals surface area contributed by atoms with Gasteiger partial charge in [-0.15, -0.1) is 0 Å². The zero-order valence-corrected chi connectivity index (χ0v) is 23.6. The van der Waals surface area contributed by atoms with E-state index in [1.807, 2.05) is 0 Å². The van der Waals surface area contributed by atoms with Crippen LogP contribution in [0.1, 0.15) is 69.3 Å². The summed E-state index contributed by atoms with van der Waals surface area (Å²) in [5.74, 6) is 1.38. The summed E-state index contributed by atoms with van der Waals surface area (Å²) < 4.78 is 9.21. The Morgan fingerprint density at radius 1 is 0.897 bits per heavy atom. The molecule has 1 aliphatic carbocycles. The second-order valence-corrected chi connectivity index (χ2v) is 12.4. The summed E-state index contributed by atoms with van der Waals surface area (Å²) in [5.41, 5.74) is 11.0. The van der Waals surface area contributed by atoms with Crippen molar-refractivity contribution in [1.29, 1.82) is 0 Å². The number of furan rings is 1. The standard InChI is InChI=1S/C36H39N2O/c1-22(2)24(4)37-36-31-15-14-30-29-13-12-28(27-11-7-8-23(3)18-27)21-33(29)39-35(30)34(31)32-20-26(16-17-38(32)36)19-25-9-5-6-10-25/h7-8,11-18,20-22,24-25,36-37H,5-6,9-10,19H2,1-4H3/q+1. The minimum absolute atomic E-state index is 0.105. The molecule has 1 fully saturated rings. The average Bonchev–Trinajstić information content (AvgIpc) is 3.65. The first-order chi connectivity index (χ1) is 19.0. The summed E-state index contributed by atoms with van der Waals surface area (Å²) in [7, 11) is 0. The molecule has 3 heterocycles. The van der Waals surface area contributed by atoms with Crippen molar-refractivity contribution in [3.63, 3.8) is 0 Å². The van der Waals surface area contributed by atoms with Gasteiger partial charge in [0.15, 0.2) is 6.20 Å².